The van der Waals surface area contributed by atoms with Gasteiger partial charge in [0.15, 0.2) is 5.65 Å². The van der Waals surface area contributed by atoms with Gasteiger partial charge < -0.3 is 20.8 Å². The van der Waals surface area contributed by atoms with Gasteiger partial charge in [0.1, 0.15) is 12.2 Å². The fourth-order valence-electron chi connectivity index (χ4n) is 2.85. The monoisotopic (exact) mass is 441 g/mol. The summed E-state index contributed by atoms with van der Waals surface area (Å²) in [5.74, 6) is -0.583. The predicted molar refractivity (Wildman–Crippen MR) is 115 cm³/mol. The van der Waals surface area contributed by atoms with Gasteiger partial charge in [-0.05, 0) is 26.8 Å². The summed E-state index contributed by atoms with van der Waals surface area (Å²) in [6.45, 7) is 3.81. The first-order valence-corrected chi connectivity index (χ1v) is 9.90. The van der Waals surface area contributed by atoms with Crippen molar-refractivity contribution < 1.29 is 19.4 Å². The molecule has 32 heavy (non-hydrogen) atoms. The van der Waals surface area contributed by atoms with Crippen molar-refractivity contribution in [2.45, 2.75) is 38.6 Å². The Morgan fingerprint density at radius 1 is 1.34 bits per heavy atom. The first-order chi connectivity index (χ1) is 15.1. The number of amides is 1. The van der Waals surface area contributed by atoms with Gasteiger partial charge in [0.05, 0.1) is 59.2 Å². The maximum Gasteiger partial charge on any atom is 0.255 e. The highest BCUT2D eigenvalue weighted by Crippen LogP contribution is 2.27. The van der Waals surface area contributed by atoms with Crippen molar-refractivity contribution in [2.24, 2.45) is 0 Å². The first kappa shape index (κ1) is 23.1. The molecule has 0 aliphatic heterocycles. The number of aromatic nitrogens is 4. The third-order valence-electron chi connectivity index (χ3n) is 4.79. The number of hydrogen-bond acceptors (Lipinski definition) is 8. The molecular weight excluding hydrogens is 417 g/mol. The van der Waals surface area contributed by atoms with Gasteiger partial charge in [-0.1, -0.05) is 0 Å². The summed E-state index contributed by atoms with van der Waals surface area (Å²) in [6, 6.07) is 3.23. The molecule has 3 aromatic heterocycles. The van der Waals surface area contributed by atoms with E-state index in [2.05, 4.69) is 25.7 Å². The number of aliphatic hydroxyl groups is 2. The molecule has 3 heterocycles. The number of alkyl halides is 1. The van der Waals surface area contributed by atoms with Gasteiger partial charge in [0.25, 0.3) is 5.91 Å². The van der Waals surface area contributed by atoms with Crippen LogP contribution in [-0.2, 0) is 0 Å². The van der Waals surface area contributed by atoms with E-state index in [0.717, 1.165) is 0 Å². The van der Waals surface area contributed by atoms with E-state index >= 15 is 0 Å². The summed E-state index contributed by atoms with van der Waals surface area (Å²) in [6.07, 6.45) is 4.18. The van der Waals surface area contributed by atoms with Crippen molar-refractivity contribution in [1.29, 1.82) is 5.26 Å². The summed E-state index contributed by atoms with van der Waals surface area (Å²) in [5, 5.41) is 37.9. The maximum absolute atomic E-state index is 14.0. The Bertz CT molecular complexity index is 1170. The van der Waals surface area contributed by atoms with Gasteiger partial charge in [0.2, 0.25) is 0 Å². The lowest BCUT2D eigenvalue weighted by molar-refractivity contribution is -0.00177. The number of carbonyl (C=O) groups is 1. The molecule has 3 rings (SSSR count). The van der Waals surface area contributed by atoms with Crippen LogP contribution < -0.4 is 10.6 Å². The lowest BCUT2D eigenvalue weighted by atomic mass is 10.0. The number of nitrogens with zero attached hydrogens (tertiary/aromatic N) is 5. The summed E-state index contributed by atoms with van der Waals surface area (Å²) in [7, 11) is 0. The van der Waals surface area contributed by atoms with E-state index in [0.29, 0.717) is 28.2 Å². The van der Waals surface area contributed by atoms with Crippen LogP contribution in [0.5, 0.6) is 0 Å². The lowest BCUT2D eigenvalue weighted by Crippen LogP contribution is -2.42. The van der Waals surface area contributed by atoms with Crippen LogP contribution in [0.2, 0.25) is 0 Å². The van der Waals surface area contributed by atoms with E-state index in [1.807, 2.05) is 6.07 Å². The van der Waals surface area contributed by atoms with Crippen molar-refractivity contribution in [3.63, 3.8) is 0 Å². The predicted octanol–water partition coefficient (Wildman–Crippen LogP) is 1.29. The Balaban J connectivity index is 1.95. The number of nitriles is 1. The lowest BCUT2D eigenvalue weighted by Gasteiger charge is -2.23. The SMILES string of the molecule is C[C@H](CO)Nc1cc(-c2cnn3cc(C#N)cnc23)ncc1C(=O)NC[C@@H](F)C(C)(C)O. The number of anilines is 1. The Morgan fingerprint density at radius 2 is 2.09 bits per heavy atom. The topological polar surface area (TPSA) is 148 Å². The van der Waals surface area contributed by atoms with Crippen LogP contribution >= 0.6 is 0 Å². The molecule has 0 aromatic carbocycles. The molecule has 0 saturated carbocycles. The number of nitrogens with one attached hydrogen (secondary N) is 2. The van der Waals surface area contributed by atoms with Crippen LogP contribution in [-0.4, -0.2) is 66.7 Å². The standard InChI is InChI=1S/C21H24FN7O3/c1-12(11-30)28-17-4-16(14-8-27-29-10-13(5-23)6-25-19(14)29)24-7-15(17)20(31)26-9-18(22)21(2,3)32/h4,6-8,10,12,18,30,32H,9,11H2,1-3H3,(H,24,28)(H,26,31)/t12-,18-/m1/s1. The molecule has 0 spiro atoms. The highest BCUT2D eigenvalue weighted by atomic mass is 19.1. The minimum Gasteiger partial charge on any atom is -0.394 e. The molecule has 1 amide bonds. The number of hydrogen-bond donors (Lipinski definition) is 4. The molecule has 0 bridgehead atoms. The molecular formula is C21H24FN7O3. The number of carbonyl (C=O) groups excluding carboxylic acids is 1. The molecule has 168 valence electrons. The molecule has 0 fully saturated rings. The van der Waals surface area contributed by atoms with Crippen LogP contribution in [0.15, 0.2) is 30.9 Å². The van der Waals surface area contributed by atoms with E-state index in [9.17, 15) is 19.4 Å². The second-order valence-electron chi connectivity index (χ2n) is 7.96. The third-order valence-corrected chi connectivity index (χ3v) is 4.79. The molecule has 0 saturated heterocycles. The quantitative estimate of drug-likeness (QED) is 0.409. The highest BCUT2D eigenvalue weighted by Gasteiger charge is 2.27. The van der Waals surface area contributed by atoms with Crippen molar-refractivity contribution in [2.75, 3.05) is 18.5 Å². The Labute approximate surface area is 183 Å². The van der Waals surface area contributed by atoms with Crippen molar-refractivity contribution in [3.8, 4) is 17.3 Å². The van der Waals surface area contributed by atoms with Crippen LogP contribution in [0.1, 0.15) is 36.7 Å². The van der Waals surface area contributed by atoms with E-state index in [1.165, 1.54) is 37.0 Å². The van der Waals surface area contributed by atoms with Crippen LogP contribution in [0.4, 0.5) is 10.1 Å². The van der Waals surface area contributed by atoms with Crippen molar-refractivity contribution in [1.82, 2.24) is 24.9 Å². The van der Waals surface area contributed by atoms with E-state index in [4.69, 9.17) is 5.26 Å². The fraction of sp³-hybridized carbons (Fsp3) is 0.381. The maximum atomic E-state index is 14.0. The van der Waals surface area contributed by atoms with Crippen LogP contribution in [0.3, 0.4) is 0 Å². The number of pyridine rings is 1. The Morgan fingerprint density at radius 3 is 2.75 bits per heavy atom. The summed E-state index contributed by atoms with van der Waals surface area (Å²) < 4.78 is 15.5. The normalized spacial score (nSPS) is 13.4. The van der Waals surface area contributed by atoms with Gasteiger partial charge in [0, 0.05) is 18.4 Å². The Kier molecular flexibility index (Phi) is 6.67. The van der Waals surface area contributed by atoms with Crippen molar-refractivity contribution >= 4 is 17.2 Å². The number of aliphatic hydroxyl groups excluding tert-OH is 1. The van der Waals surface area contributed by atoms with Crippen molar-refractivity contribution in [3.05, 3.63) is 42.0 Å². The smallest absolute Gasteiger partial charge is 0.255 e. The van der Waals surface area contributed by atoms with E-state index < -0.39 is 17.7 Å². The molecule has 10 nitrogen and oxygen atoms in total. The average molecular weight is 441 g/mol. The average Bonchev–Trinajstić information content (AvgIpc) is 3.19. The summed E-state index contributed by atoms with van der Waals surface area (Å²) in [5.41, 5.74) is 0.787. The van der Waals surface area contributed by atoms with Gasteiger partial charge in [-0.15, -0.1) is 0 Å². The summed E-state index contributed by atoms with van der Waals surface area (Å²) >= 11 is 0. The Hall–Kier alpha value is -3.62. The molecule has 2 atom stereocenters. The second kappa shape index (κ2) is 9.25. The molecule has 0 aliphatic rings. The molecule has 0 aliphatic carbocycles. The number of halogens is 1. The second-order valence-corrected chi connectivity index (χ2v) is 7.96. The number of fused-ring (bicyclic) bond motifs is 1. The van der Waals surface area contributed by atoms with Gasteiger partial charge in [-0.3, -0.25) is 9.78 Å². The molecule has 4 N–H and O–H groups in total. The zero-order chi connectivity index (χ0) is 23.5. The molecule has 0 unspecified atom stereocenters. The largest absolute Gasteiger partial charge is 0.394 e. The zero-order valence-electron chi connectivity index (χ0n) is 17.9. The van der Waals surface area contributed by atoms with Crippen LogP contribution in [0.25, 0.3) is 16.9 Å². The minimum absolute atomic E-state index is 0.146. The molecule has 0 radical (unpaired) electrons. The number of rotatable bonds is 8. The third kappa shape index (κ3) is 4.99. The van der Waals surface area contributed by atoms with Gasteiger partial charge in [-0.25, -0.2) is 13.9 Å². The van der Waals surface area contributed by atoms with Gasteiger partial charge >= 0.3 is 0 Å². The van der Waals surface area contributed by atoms with Gasteiger partial charge in [-0.2, -0.15) is 10.4 Å². The molecule has 11 heteroatoms. The van der Waals surface area contributed by atoms with E-state index in [-0.39, 0.29) is 24.8 Å². The summed E-state index contributed by atoms with van der Waals surface area (Å²) in [4.78, 5) is 21.3. The van der Waals surface area contributed by atoms with Crippen LogP contribution in [0, 0.1) is 11.3 Å². The van der Waals surface area contributed by atoms with E-state index in [1.54, 1.807) is 19.2 Å². The first-order valence-electron chi connectivity index (χ1n) is 9.90. The zero-order valence-corrected chi connectivity index (χ0v) is 17.9. The minimum atomic E-state index is -1.66. The molecule has 3 aromatic rings. The fourth-order valence-corrected chi connectivity index (χ4v) is 2.85. The highest BCUT2D eigenvalue weighted by molar-refractivity contribution is 6.00.